The van der Waals surface area contributed by atoms with Crippen LogP contribution in [0, 0.1) is 23.6 Å². The van der Waals surface area contributed by atoms with Crippen LogP contribution in [0.25, 0.3) is 16.1 Å². The minimum atomic E-state index is -1.24. The van der Waals surface area contributed by atoms with E-state index in [1.807, 2.05) is 0 Å². The van der Waals surface area contributed by atoms with Crippen molar-refractivity contribution in [1.29, 1.82) is 0 Å². The molecule has 1 fully saturated rings. The molecule has 3 aromatic rings. The molecule has 1 aromatic carbocycles. The lowest BCUT2D eigenvalue weighted by Crippen LogP contribution is -2.29. The van der Waals surface area contributed by atoms with Gasteiger partial charge in [0.1, 0.15) is 28.7 Å². The number of rotatable bonds is 8. The second kappa shape index (κ2) is 11.1. The van der Waals surface area contributed by atoms with Gasteiger partial charge in [-0.25, -0.2) is 18.4 Å². The first kappa shape index (κ1) is 29.9. The number of carbonyl (C=O) groups excluding carboxylic acids is 2. The molecule has 0 atom stereocenters. The van der Waals surface area contributed by atoms with Crippen LogP contribution in [-0.4, -0.2) is 32.4 Å². The van der Waals surface area contributed by atoms with Crippen LogP contribution in [0.2, 0.25) is 0 Å². The molecule has 1 aliphatic rings. The standard InChI is InChI=1S/C30H35F2N5O4/c1-16(2)37-27(34-28(39)40-29(3,4)5)26(33-8)25(35-37)21-10-9-17(23(31)24(21)32)11-19(38)12-20-13-22(36-41-20)18-14-30(6,7)15-18/h9-10,13,16,18H,11-12,14-15H2,1-7H3,(H,34,39). The maximum absolute atomic E-state index is 15.4. The molecule has 4 rings (SSSR count). The number of nitrogens with one attached hydrogen (secondary N) is 1. The molecule has 0 unspecified atom stereocenters. The highest BCUT2D eigenvalue weighted by Crippen LogP contribution is 2.50. The van der Waals surface area contributed by atoms with Crippen molar-refractivity contribution in [3.63, 3.8) is 0 Å². The Balaban J connectivity index is 1.54. The van der Waals surface area contributed by atoms with E-state index in [-0.39, 0.29) is 58.4 Å². The molecule has 0 aliphatic heterocycles. The number of carbonyl (C=O) groups is 2. The Labute approximate surface area is 238 Å². The first-order valence-electron chi connectivity index (χ1n) is 13.5. The number of hydrogen-bond donors (Lipinski definition) is 1. The van der Waals surface area contributed by atoms with E-state index in [9.17, 15) is 9.59 Å². The highest BCUT2D eigenvalue weighted by molar-refractivity contribution is 5.93. The van der Waals surface area contributed by atoms with Crippen molar-refractivity contribution < 1.29 is 27.6 Å². The lowest BCUT2D eigenvalue weighted by Gasteiger charge is -2.41. The zero-order valence-corrected chi connectivity index (χ0v) is 24.4. The summed E-state index contributed by atoms with van der Waals surface area (Å²) in [6.45, 7) is 20.7. The van der Waals surface area contributed by atoms with Gasteiger partial charge in [-0.05, 0) is 58.4 Å². The van der Waals surface area contributed by atoms with E-state index in [1.165, 1.54) is 16.8 Å². The Morgan fingerprint density at radius 2 is 1.90 bits per heavy atom. The molecule has 2 heterocycles. The molecule has 1 aliphatic carbocycles. The predicted molar refractivity (Wildman–Crippen MR) is 149 cm³/mol. The van der Waals surface area contributed by atoms with Crippen LogP contribution >= 0.6 is 0 Å². The van der Waals surface area contributed by atoms with Crippen molar-refractivity contribution in [1.82, 2.24) is 14.9 Å². The second-order valence-corrected chi connectivity index (χ2v) is 12.6. The summed E-state index contributed by atoms with van der Waals surface area (Å²) in [4.78, 5) is 28.6. The molecular formula is C30H35F2N5O4. The smallest absolute Gasteiger partial charge is 0.412 e. The maximum atomic E-state index is 15.4. The number of ether oxygens (including phenoxy) is 1. The normalized spacial score (nSPS) is 15.0. The minimum Gasteiger partial charge on any atom is -0.444 e. The Bertz CT molecular complexity index is 1520. The first-order valence-corrected chi connectivity index (χ1v) is 13.5. The topological polar surface area (TPSA) is 104 Å². The summed E-state index contributed by atoms with van der Waals surface area (Å²) in [5.41, 5.74) is -0.404. The van der Waals surface area contributed by atoms with Gasteiger partial charge in [-0.15, -0.1) is 0 Å². The van der Waals surface area contributed by atoms with E-state index in [4.69, 9.17) is 15.8 Å². The summed E-state index contributed by atoms with van der Waals surface area (Å²) in [6.07, 6.45) is 0.732. The van der Waals surface area contributed by atoms with E-state index in [0.717, 1.165) is 18.5 Å². The van der Waals surface area contributed by atoms with Crippen LogP contribution in [0.15, 0.2) is 22.7 Å². The zero-order valence-electron chi connectivity index (χ0n) is 24.4. The molecule has 218 valence electrons. The van der Waals surface area contributed by atoms with E-state index < -0.39 is 23.3 Å². The summed E-state index contributed by atoms with van der Waals surface area (Å²) in [6, 6.07) is 4.02. The van der Waals surface area contributed by atoms with Crippen LogP contribution < -0.4 is 5.32 Å². The predicted octanol–water partition coefficient (Wildman–Crippen LogP) is 7.55. The Hall–Kier alpha value is -4.07. The van der Waals surface area contributed by atoms with Crippen molar-refractivity contribution in [2.45, 2.75) is 91.7 Å². The summed E-state index contributed by atoms with van der Waals surface area (Å²) < 4.78 is 42.6. The maximum Gasteiger partial charge on any atom is 0.412 e. The Kier molecular flexibility index (Phi) is 8.07. The Morgan fingerprint density at radius 1 is 1.22 bits per heavy atom. The molecule has 0 radical (unpaired) electrons. The summed E-state index contributed by atoms with van der Waals surface area (Å²) >= 11 is 0. The van der Waals surface area contributed by atoms with Gasteiger partial charge < -0.3 is 9.26 Å². The number of halogens is 2. The lowest BCUT2D eigenvalue weighted by molar-refractivity contribution is -0.118. The molecular weight excluding hydrogens is 532 g/mol. The van der Waals surface area contributed by atoms with Crippen LogP contribution in [0.1, 0.15) is 90.3 Å². The van der Waals surface area contributed by atoms with Gasteiger partial charge in [0.15, 0.2) is 11.6 Å². The molecule has 11 heteroatoms. The first-order chi connectivity index (χ1) is 19.1. The van der Waals surface area contributed by atoms with Gasteiger partial charge in [0, 0.05) is 30.0 Å². The fraction of sp³-hybridized carbons (Fsp3) is 0.500. The average molecular weight is 568 g/mol. The molecule has 1 saturated carbocycles. The van der Waals surface area contributed by atoms with Crippen LogP contribution in [0.5, 0.6) is 0 Å². The van der Waals surface area contributed by atoms with E-state index in [2.05, 4.69) is 34.3 Å². The number of Topliss-reactive ketones (excluding diaryl/α,β-unsaturated/α-hetero) is 1. The third kappa shape index (κ3) is 6.64. The van der Waals surface area contributed by atoms with Gasteiger partial charge in [0.2, 0.25) is 0 Å². The number of amides is 1. The summed E-state index contributed by atoms with van der Waals surface area (Å²) in [7, 11) is 0. The lowest BCUT2D eigenvalue weighted by atomic mass is 9.63. The van der Waals surface area contributed by atoms with Gasteiger partial charge in [-0.2, -0.15) is 5.10 Å². The van der Waals surface area contributed by atoms with Crippen LogP contribution in [0.4, 0.5) is 25.1 Å². The van der Waals surface area contributed by atoms with Crippen molar-refractivity contribution in [3.05, 3.63) is 58.3 Å². The summed E-state index contributed by atoms with van der Waals surface area (Å²) in [5, 5.41) is 10.9. The quantitative estimate of drug-likeness (QED) is 0.282. The molecule has 0 bridgehead atoms. The van der Waals surface area contributed by atoms with Crippen LogP contribution in [-0.2, 0) is 22.4 Å². The van der Waals surface area contributed by atoms with Gasteiger partial charge in [-0.3, -0.25) is 14.8 Å². The number of hydrogen-bond acceptors (Lipinski definition) is 6. The van der Waals surface area contributed by atoms with E-state index in [1.54, 1.807) is 40.7 Å². The van der Waals surface area contributed by atoms with Crippen molar-refractivity contribution in [3.8, 4) is 11.3 Å². The average Bonchev–Trinajstić information content (AvgIpc) is 3.43. The molecule has 0 spiro atoms. The number of ketones is 1. The fourth-order valence-electron chi connectivity index (χ4n) is 5.07. The number of aromatic nitrogens is 3. The largest absolute Gasteiger partial charge is 0.444 e. The number of anilines is 1. The van der Waals surface area contributed by atoms with Crippen molar-refractivity contribution >= 4 is 23.4 Å². The number of nitrogens with zero attached hydrogens (tertiary/aromatic N) is 4. The molecule has 2 aromatic heterocycles. The highest BCUT2D eigenvalue weighted by atomic mass is 19.2. The van der Waals surface area contributed by atoms with Gasteiger partial charge in [-0.1, -0.05) is 31.1 Å². The van der Waals surface area contributed by atoms with E-state index >= 15 is 8.78 Å². The zero-order chi connectivity index (χ0) is 30.3. The second-order valence-electron chi connectivity index (χ2n) is 12.6. The fourth-order valence-corrected chi connectivity index (χ4v) is 5.07. The van der Waals surface area contributed by atoms with Gasteiger partial charge >= 0.3 is 6.09 Å². The molecule has 1 amide bonds. The van der Waals surface area contributed by atoms with Gasteiger partial charge in [0.25, 0.3) is 5.69 Å². The third-order valence-corrected chi connectivity index (χ3v) is 6.88. The van der Waals surface area contributed by atoms with E-state index in [0.29, 0.717) is 11.7 Å². The number of benzene rings is 1. The summed E-state index contributed by atoms with van der Waals surface area (Å²) in [5.74, 6) is -2.11. The van der Waals surface area contributed by atoms with Crippen LogP contribution in [0.3, 0.4) is 0 Å². The molecule has 41 heavy (non-hydrogen) atoms. The molecule has 9 nitrogen and oxygen atoms in total. The third-order valence-electron chi connectivity index (χ3n) is 6.88. The minimum absolute atomic E-state index is 0.00945. The van der Waals surface area contributed by atoms with Crippen molar-refractivity contribution in [2.24, 2.45) is 5.41 Å². The van der Waals surface area contributed by atoms with Crippen molar-refractivity contribution in [2.75, 3.05) is 5.32 Å². The molecule has 0 saturated heterocycles. The SMILES string of the molecule is [C-]#[N+]c1c(-c2ccc(CC(=O)Cc3cc(C4CC(C)(C)C4)no3)c(F)c2F)nn(C(C)C)c1NC(=O)OC(C)(C)C. The van der Waals surface area contributed by atoms with Gasteiger partial charge in [0.05, 0.1) is 18.7 Å². The highest BCUT2D eigenvalue weighted by Gasteiger charge is 2.38. The molecule has 1 N–H and O–H groups in total. The Morgan fingerprint density at radius 3 is 2.49 bits per heavy atom. The monoisotopic (exact) mass is 567 g/mol.